The number of nitrogens with zero attached hydrogens (tertiary/aromatic N) is 3. The molecule has 0 bridgehead atoms. The fraction of sp³-hybridized carbons (Fsp3) is 0.611. The smallest absolute Gasteiger partial charge is 0.255 e. The summed E-state index contributed by atoms with van der Waals surface area (Å²) in [5.41, 5.74) is 1.17. The van der Waals surface area contributed by atoms with Gasteiger partial charge in [-0.05, 0) is 37.5 Å². The van der Waals surface area contributed by atoms with Crippen molar-refractivity contribution >= 4 is 23.2 Å². The second-order valence-electron chi connectivity index (χ2n) is 7.06. The number of likely N-dealkylation sites (N-methyl/N-ethyl adjacent to an activating group) is 1. The molecule has 1 aromatic carbocycles. The maximum absolute atomic E-state index is 12.3. The average Bonchev–Trinajstić information content (AvgIpc) is 2.56. The summed E-state index contributed by atoms with van der Waals surface area (Å²) in [6.07, 6.45) is 1.42. The Morgan fingerprint density at radius 1 is 1.21 bits per heavy atom. The molecular formula is C18H26ClN3O2. The number of hydrogen-bond acceptors (Lipinski definition) is 4. The Labute approximate surface area is 148 Å². The first-order chi connectivity index (χ1) is 11.4. The Balaban J connectivity index is 1.61. The van der Waals surface area contributed by atoms with Crippen molar-refractivity contribution in [3.63, 3.8) is 0 Å². The molecule has 2 aliphatic rings. The maximum atomic E-state index is 12.3. The van der Waals surface area contributed by atoms with Gasteiger partial charge in [0.1, 0.15) is 0 Å². The number of amides is 1. The van der Waals surface area contributed by atoms with Crippen molar-refractivity contribution in [2.45, 2.75) is 25.4 Å². The highest BCUT2D eigenvalue weighted by atomic mass is 35.5. The number of halogens is 1. The monoisotopic (exact) mass is 351 g/mol. The molecule has 132 valence electrons. The largest absolute Gasteiger partial charge is 0.379 e. The van der Waals surface area contributed by atoms with E-state index in [-0.39, 0.29) is 5.91 Å². The Kier molecular flexibility index (Phi) is 5.04. The Bertz CT molecular complexity index is 616. The third kappa shape index (κ3) is 3.53. The van der Waals surface area contributed by atoms with Crippen LogP contribution in [0.2, 0.25) is 5.02 Å². The van der Waals surface area contributed by atoms with Crippen LogP contribution in [0.1, 0.15) is 18.4 Å². The molecule has 1 N–H and O–H groups in total. The predicted molar refractivity (Wildman–Crippen MR) is 96.7 cm³/mol. The molecule has 0 saturated carbocycles. The van der Waals surface area contributed by atoms with E-state index in [1.54, 1.807) is 11.9 Å². The van der Waals surface area contributed by atoms with Gasteiger partial charge in [-0.1, -0.05) is 17.7 Å². The zero-order chi connectivity index (χ0) is 17.3. The summed E-state index contributed by atoms with van der Waals surface area (Å²) in [7, 11) is 1.77. The van der Waals surface area contributed by atoms with E-state index < -0.39 is 5.60 Å². The van der Waals surface area contributed by atoms with Crippen LogP contribution < -0.4 is 4.90 Å². The standard InChI is InChI=1S/C18H26ClN3O2/c1-14-4-5-15(19)12-16(14)22-10-8-21(9-11-22)13-18(24)6-3-7-20(2)17(18)23/h4-5,12,24H,3,6-11,13H2,1-2H3/t18-/m0/s1. The molecular weight excluding hydrogens is 326 g/mol. The lowest BCUT2D eigenvalue weighted by Gasteiger charge is -2.42. The zero-order valence-corrected chi connectivity index (χ0v) is 15.2. The minimum Gasteiger partial charge on any atom is -0.379 e. The second kappa shape index (κ2) is 6.90. The number of rotatable bonds is 3. The number of carbonyl (C=O) groups is 1. The number of carbonyl (C=O) groups excluding carboxylic acids is 1. The van der Waals surface area contributed by atoms with E-state index >= 15 is 0 Å². The van der Waals surface area contributed by atoms with Crippen molar-refractivity contribution in [3.8, 4) is 0 Å². The van der Waals surface area contributed by atoms with Crippen LogP contribution in [0.4, 0.5) is 5.69 Å². The van der Waals surface area contributed by atoms with Crippen LogP contribution in [0.15, 0.2) is 18.2 Å². The molecule has 5 nitrogen and oxygen atoms in total. The molecule has 1 amide bonds. The summed E-state index contributed by atoms with van der Waals surface area (Å²) in [5, 5.41) is 11.5. The fourth-order valence-corrected chi connectivity index (χ4v) is 3.93. The lowest BCUT2D eigenvalue weighted by atomic mass is 9.91. The summed E-state index contributed by atoms with van der Waals surface area (Å²) in [5.74, 6) is -0.137. The molecule has 1 aromatic rings. The molecule has 0 aliphatic carbocycles. The summed E-state index contributed by atoms with van der Waals surface area (Å²) in [6.45, 7) is 6.69. The quantitative estimate of drug-likeness (QED) is 0.901. The molecule has 6 heteroatoms. The molecule has 2 saturated heterocycles. The number of aliphatic hydroxyl groups is 1. The first-order valence-electron chi connectivity index (χ1n) is 8.60. The Morgan fingerprint density at radius 2 is 1.92 bits per heavy atom. The lowest BCUT2D eigenvalue weighted by Crippen LogP contribution is -2.60. The van der Waals surface area contributed by atoms with Crippen molar-refractivity contribution < 1.29 is 9.90 Å². The second-order valence-corrected chi connectivity index (χ2v) is 7.49. The Morgan fingerprint density at radius 3 is 2.62 bits per heavy atom. The van der Waals surface area contributed by atoms with E-state index in [0.717, 1.165) is 44.2 Å². The highest BCUT2D eigenvalue weighted by Crippen LogP contribution is 2.27. The van der Waals surface area contributed by atoms with Gasteiger partial charge in [0.25, 0.3) is 5.91 Å². The first-order valence-corrected chi connectivity index (χ1v) is 8.98. The van der Waals surface area contributed by atoms with E-state index in [0.29, 0.717) is 13.0 Å². The van der Waals surface area contributed by atoms with Crippen LogP contribution in [-0.4, -0.2) is 72.7 Å². The van der Waals surface area contributed by atoms with Gasteiger partial charge >= 0.3 is 0 Å². The van der Waals surface area contributed by atoms with Gasteiger partial charge < -0.3 is 14.9 Å². The fourth-order valence-electron chi connectivity index (χ4n) is 3.76. The minimum absolute atomic E-state index is 0.137. The van der Waals surface area contributed by atoms with E-state index in [4.69, 9.17) is 11.6 Å². The van der Waals surface area contributed by atoms with Crippen LogP contribution in [0.5, 0.6) is 0 Å². The van der Waals surface area contributed by atoms with Crippen molar-refractivity contribution in [2.24, 2.45) is 0 Å². The van der Waals surface area contributed by atoms with Gasteiger partial charge in [-0.25, -0.2) is 0 Å². The van der Waals surface area contributed by atoms with Crippen LogP contribution >= 0.6 is 11.6 Å². The highest BCUT2D eigenvalue weighted by molar-refractivity contribution is 6.30. The third-order valence-electron chi connectivity index (χ3n) is 5.20. The average molecular weight is 352 g/mol. The van der Waals surface area contributed by atoms with Crippen molar-refractivity contribution in [3.05, 3.63) is 28.8 Å². The molecule has 1 atom stereocenters. The van der Waals surface area contributed by atoms with E-state index in [1.807, 2.05) is 18.2 Å². The normalized spacial score (nSPS) is 26.1. The molecule has 2 heterocycles. The number of aryl methyl sites for hydroxylation is 1. The van der Waals surface area contributed by atoms with Gasteiger partial charge in [-0.3, -0.25) is 9.69 Å². The highest BCUT2D eigenvalue weighted by Gasteiger charge is 2.42. The van der Waals surface area contributed by atoms with Gasteiger partial charge in [0.2, 0.25) is 0 Å². The number of piperazine rings is 1. The molecule has 0 aromatic heterocycles. The molecule has 0 unspecified atom stereocenters. The van der Waals surface area contributed by atoms with Gasteiger partial charge in [-0.15, -0.1) is 0 Å². The summed E-state index contributed by atoms with van der Waals surface area (Å²) in [4.78, 5) is 18.5. The molecule has 24 heavy (non-hydrogen) atoms. The van der Waals surface area contributed by atoms with E-state index in [2.05, 4.69) is 16.7 Å². The number of anilines is 1. The van der Waals surface area contributed by atoms with Crippen LogP contribution in [0.25, 0.3) is 0 Å². The third-order valence-corrected chi connectivity index (χ3v) is 5.43. The lowest BCUT2D eigenvalue weighted by molar-refractivity contribution is -0.157. The van der Waals surface area contributed by atoms with Crippen LogP contribution in [-0.2, 0) is 4.79 Å². The molecule has 3 rings (SSSR count). The molecule has 2 fully saturated rings. The van der Waals surface area contributed by atoms with Crippen LogP contribution in [0.3, 0.4) is 0 Å². The molecule has 0 spiro atoms. The van der Waals surface area contributed by atoms with Gasteiger partial charge in [-0.2, -0.15) is 0 Å². The van der Waals surface area contributed by atoms with Gasteiger partial charge in [0, 0.05) is 57.0 Å². The Hall–Kier alpha value is -1.30. The topological polar surface area (TPSA) is 47.0 Å². The number of β-amino-alcohol motifs (C(OH)–C–C–N with tert-alkyl or cyclic N) is 1. The minimum atomic E-state index is -1.22. The molecule has 2 aliphatic heterocycles. The van der Waals surface area contributed by atoms with Gasteiger partial charge in [0.15, 0.2) is 5.60 Å². The predicted octanol–water partition coefficient (Wildman–Crippen LogP) is 1.75. The first kappa shape index (κ1) is 17.5. The number of benzene rings is 1. The van der Waals surface area contributed by atoms with Crippen LogP contribution in [0, 0.1) is 6.92 Å². The maximum Gasteiger partial charge on any atom is 0.255 e. The van der Waals surface area contributed by atoms with E-state index in [9.17, 15) is 9.90 Å². The SMILES string of the molecule is Cc1ccc(Cl)cc1N1CCN(C[C@@]2(O)CCCN(C)C2=O)CC1. The van der Waals surface area contributed by atoms with Gasteiger partial charge in [0.05, 0.1) is 0 Å². The molecule has 0 radical (unpaired) electrons. The number of likely N-dealkylation sites (tertiary alicyclic amines) is 1. The van der Waals surface area contributed by atoms with Crippen molar-refractivity contribution in [1.29, 1.82) is 0 Å². The van der Waals surface area contributed by atoms with Crippen molar-refractivity contribution in [2.75, 3.05) is 51.2 Å². The summed E-state index contributed by atoms with van der Waals surface area (Å²) in [6, 6.07) is 5.97. The summed E-state index contributed by atoms with van der Waals surface area (Å²) >= 11 is 6.13. The number of piperidine rings is 1. The zero-order valence-electron chi connectivity index (χ0n) is 14.5. The summed E-state index contributed by atoms with van der Waals surface area (Å²) < 4.78 is 0. The van der Waals surface area contributed by atoms with E-state index in [1.165, 1.54) is 11.3 Å². The number of hydrogen-bond donors (Lipinski definition) is 1. The van der Waals surface area contributed by atoms with Crippen molar-refractivity contribution in [1.82, 2.24) is 9.80 Å².